The summed E-state index contributed by atoms with van der Waals surface area (Å²) in [6.07, 6.45) is 1.33. The molecule has 0 amide bonds. The van der Waals surface area contributed by atoms with Crippen molar-refractivity contribution in [3.05, 3.63) is 120 Å². The number of halogens is 1. The van der Waals surface area contributed by atoms with Crippen molar-refractivity contribution < 1.29 is 24.5 Å². The maximum Gasteiger partial charge on any atom is 0.195 e. The Morgan fingerprint density at radius 2 is 1.78 bits per heavy atom. The molecule has 3 heterocycles. The van der Waals surface area contributed by atoms with Crippen LogP contribution in [0.4, 0.5) is 4.39 Å². The Balaban J connectivity index is 1.54. The number of hydrogen-bond donors (Lipinski definition) is 2. The number of ether oxygens (including phenoxy) is 1. The van der Waals surface area contributed by atoms with Gasteiger partial charge >= 0.3 is 0 Å². The molecule has 0 radical (unpaired) electrons. The van der Waals surface area contributed by atoms with Gasteiger partial charge in [0, 0.05) is 52.4 Å². The van der Waals surface area contributed by atoms with E-state index in [4.69, 9.17) is 7.48 Å². The zero-order valence-electron chi connectivity index (χ0n) is 25.9. The van der Waals surface area contributed by atoms with Gasteiger partial charge in [0.2, 0.25) is 0 Å². The van der Waals surface area contributed by atoms with E-state index < -0.39 is 47.4 Å². The van der Waals surface area contributed by atoms with Gasteiger partial charge in [-0.15, -0.1) is 0 Å². The van der Waals surface area contributed by atoms with Crippen molar-refractivity contribution in [3.63, 3.8) is 0 Å². The normalized spacial score (nSPS) is 16.3. The number of H-pyrrole nitrogens is 1. The number of benzene rings is 4. The Kier molecular flexibility index (Phi) is 5.39. The third-order valence-electron chi connectivity index (χ3n) is 7.74. The van der Waals surface area contributed by atoms with Crippen LogP contribution in [0.15, 0.2) is 97.1 Å². The molecule has 6 aromatic rings. The number of fused-ring (bicyclic) bond motifs is 2. The number of hydrogen-bond acceptors (Lipinski definition) is 4. The number of Topliss-reactive ketones (excluding diaryl/α,β-unsaturated/α-hetero) is 1. The SMILES string of the molecule is [2H]c1c([2H])c(-c2c(C3CCOCC3)n(-[13c]3[13cH][13cH][13c](F)[13cH][13cH]3)c3cc4cn[nH]c4cc23)c([2H])c([2H])c1C(=O)C(O)c1ccccc1. The third kappa shape index (κ3) is 4.53. The molecule has 0 aliphatic carbocycles. The second-order valence-electron chi connectivity index (χ2n) is 10.2. The smallest absolute Gasteiger partial charge is 0.195 e. The first kappa shape index (κ1) is 21.2. The molecule has 1 unspecified atom stereocenters. The van der Waals surface area contributed by atoms with Gasteiger partial charge in [-0.2, -0.15) is 5.10 Å². The van der Waals surface area contributed by atoms with E-state index in [1.165, 1.54) is 12.1 Å². The predicted molar refractivity (Wildman–Crippen MR) is 157 cm³/mol. The molecule has 7 heteroatoms. The zero-order chi connectivity index (χ0) is 31.4. The first-order valence-electron chi connectivity index (χ1n) is 15.5. The van der Waals surface area contributed by atoms with Gasteiger partial charge in [0.05, 0.1) is 22.7 Å². The van der Waals surface area contributed by atoms with Crippen molar-refractivity contribution in [3.8, 4) is 16.8 Å². The van der Waals surface area contributed by atoms with Crippen LogP contribution < -0.4 is 0 Å². The van der Waals surface area contributed by atoms with E-state index >= 15 is 0 Å². The molecule has 204 valence electrons. The number of aromatic amines is 1. The van der Waals surface area contributed by atoms with Crippen LogP contribution in [-0.2, 0) is 4.74 Å². The molecule has 0 bridgehead atoms. The fraction of sp³-hybridized carbons (Fsp3) is 0.176. The second kappa shape index (κ2) is 10.4. The summed E-state index contributed by atoms with van der Waals surface area (Å²) in [4.78, 5) is 13.5. The minimum Gasteiger partial charge on any atom is -0.381 e. The topological polar surface area (TPSA) is 80.1 Å². The van der Waals surface area contributed by atoms with Crippen LogP contribution in [0.3, 0.4) is 0 Å². The molecular formula is C34H28FN3O3. The van der Waals surface area contributed by atoms with Crippen molar-refractivity contribution in [2.75, 3.05) is 13.2 Å². The molecule has 6 nitrogen and oxygen atoms in total. The molecule has 1 aliphatic heterocycles. The summed E-state index contributed by atoms with van der Waals surface area (Å²) in [5, 5.41) is 19.5. The summed E-state index contributed by atoms with van der Waals surface area (Å²) in [7, 11) is 0. The summed E-state index contributed by atoms with van der Waals surface area (Å²) in [5.41, 5.74) is 3.22. The molecular weight excluding hydrogens is 523 g/mol. The number of carbonyl (C=O) groups is 1. The van der Waals surface area contributed by atoms with Crippen molar-refractivity contribution >= 4 is 27.6 Å². The van der Waals surface area contributed by atoms with Crippen molar-refractivity contribution in [2.24, 2.45) is 0 Å². The fourth-order valence-electron chi connectivity index (χ4n) is 5.72. The Labute approximate surface area is 241 Å². The monoisotopic (exact) mass is 555 g/mol. The Morgan fingerprint density at radius 3 is 2.51 bits per heavy atom. The lowest BCUT2D eigenvalue weighted by molar-refractivity contribution is 0.0747. The quantitative estimate of drug-likeness (QED) is 0.215. The molecule has 4 aromatic carbocycles. The standard InChI is InChI=1S/C34H28FN3O3/c35-26-10-12-27(13-11-26)38-30-18-25-20-36-37-29(25)19-28(30)31(32(38)22-14-16-41-17-15-22)21-6-8-24(9-7-21)34(40)33(39)23-4-2-1-3-5-23/h1-13,18-20,22,33,39H,14-17H2,(H,36,37)/i6D,7D,8D,9D,10+1,11+1,12+1,13+1,26+1,27+1. The number of rotatable bonds is 6. The van der Waals surface area contributed by atoms with E-state index in [9.17, 15) is 17.0 Å². The van der Waals surface area contributed by atoms with Gasteiger partial charge in [-0.05, 0) is 60.4 Å². The lowest BCUT2D eigenvalue weighted by Crippen LogP contribution is -2.17. The van der Waals surface area contributed by atoms with E-state index in [-0.39, 0.29) is 17.0 Å². The van der Waals surface area contributed by atoms with Crippen LogP contribution in [0.5, 0.6) is 0 Å². The van der Waals surface area contributed by atoms with E-state index in [1.54, 1.807) is 48.7 Å². The van der Waals surface area contributed by atoms with E-state index in [0.717, 1.165) is 16.6 Å². The van der Waals surface area contributed by atoms with Crippen LogP contribution in [0, 0.1) is 5.82 Å². The summed E-state index contributed by atoms with van der Waals surface area (Å²) >= 11 is 0. The molecule has 1 atom stereocenters. The van der Waals surface area contributed by atoms with Gasteiger partial charge in [-0.3, -0.25) is 9.89 Å². The molecule has 1 fully saturated rings. The minimum absolute atomic E-state index is 0.0435. The maximum atomic E-state index is 14.1. The van der Waals surface area contributed by atoms with Crippen LogP contribution in [0.1, 0.15) is 52.0 Å². The summed E-state index contributed by atoms with van der Waals surface area (Å²) in [5.74, 6) is -1.40. The minimum atomic E-state index is -1.66. The predicted octanol–water partition coefficient (Wildman–Crippen LogP) is 7.12. The van der Waals surface area contributed by atoms with Crippen molar-refractivity contribution in [1.82, 2.24) is 14.8 Å². The van der Waals surface area contributed by atoms with Gasteiger partial charge in [0.15, 0.2) is 5.78 Å². The van der Waals surface area contributed by atoms with E-state index in [0.29, 0.717) is 48.2 Å². The van der Waals surface area contributed by atoms with E-state index in [2.05, 4.69) is 10.2 Å². The van der Waals surface area contributed by atoms with Crippen LogP contribution in [-0.4, -0.2) is 38.9 Å². The van der Waals surface area contributed by atoms with Crippen LogP contribution >= 0.6 is 0 Å². The average molecular weight is 556 g/mol. The first-order valence-corrected chi connectivity index (χ1v) is 13.5. The Hall–Kier alpha value is -4.59. The van der Waals surface area contributed by atoms with Gasteiger partial charge in [-0.25, -0.2) is 4.39 Å². The first-order chi connectivity index (χ1) is 21.8. The highest BCUT2D eigenvalue weighted by Crippen LogP contribution is 2.44. The van der Waals surface area contributed by atoms with Gasteiger partial charge < -0.3 is 14.4 Å². The number of aromatic nitrogens is 3. The van der Waals surface area contributed by atoms with Gasteiger partial charge in [0.25, 0.3) is 0 Å². The third-order valence-corrected chi connectivity index (χ3v) is 7.74. The molecule has 2 aromatic heterocycles. The van der Waals surface area contributed by atoms with E-state index in [1.807, 2.05) is 16.7 Å². The highest BCUT2D eigenvalue weighted by molar-refractivity contribution is 6.06. The zero-order valence-corrected chi connectivity index (χ0v) is 21.9. The molecule has 0 saturated carbocycles. The lowest BCUT2D eigenvalue weighted by atomic mass is 9.89. The molecule has 1 aliphatic rings. The molecule has 0 spiro atoms. The van der Waals surface area contributed by atoms with Gasteiger partial charge in [-0.1, -0.05) is 54.5 Å². The van der Waals surface area contributed by atoms with Crippen LogP contribution in [0.25, 0.3) is 38.6 Å². The van der Waals surface area contributed by atoms with Crippen LogP contribution in [0.2, 0.25) is 0 Å². The van der Waals surface area contributed by atoms with Gasteiger partial charge in [0.1, 0.15) is 11.9 Å². The molecule has 2 N–H and O–H groups in total. The number of carbonyl (C=O) groups excluding carboxylic acids is 1. The molecule has 7 rings (SSSR count). The summed E-state index contributed by atoms with van der Waals surface area (Å²) in [6.45, 7) is 0.999. The van der Waals surface area contributed by atoms with Crippen molar-refractivity contribution in [2.45, 2.75) is 24.9 Å². The number of ketones is 1. The number of aliphatic hydroxyl groups is 1. The molecule has 41 heavy (non-hydrogen) atoms. The fourth-order valence-corrected chi connectivity index (χ4v) is 5.72. The maximum absolute atomic E-state index is 14.1. The number of nitrogens with zero attached hydrogens (tertiary/aromatic N) is 2. The highest BCUT2D eigenvalue weighted by atomic mass is 19.2. The lowest BCUT2D eigenvalue weighted by Gasteiger charge is -2.26. The highest BCUT2D eigenvalue weighted by Gasteiger charge is 2.28. The van der Waals surface area contributed by atoms with Crippen molar-refractivity contribution in [1.29, 1.82) is 0 Å². The number of aliphatic hydroxyl groups excluding tert-OH is 1. The summed E-state index contributed by atoms with van der Waals surface area (Å²) < 4.78 is 58.0. The second-order valence-corrected chi connectivity index (χ2v) is 10.2. The number of nitrogens with one attached hydrogen (secondary N) is 1. The Bertz CT molecular complexity index is 2060. The molecule has 1 saturated heterocycles. The summed E-state index contributed by atoms with van der Waals surface area (Å²) in [6, 6.07) is 16.2. The Morgan fingerprint density at radius 1 is 1.05 bits per heavy atom. The average Bonchev–Trinajstić information content (AvgIpc) is 3.66. The largest absolute Gasteiger partial charge is 0.381 e.